The molecule has 7 heterocycles. The fraction of sp³-hybridized carbons (Fsp3) is 0.596. The number of pyridine rings is 1. The Balaban J connectivity index is 1.06. The van der Waals surface area contributed by atoms with Gasteiger partial charge in [0.25, 0.3) is 0 Å². The highest BCUT2D eigenvalue weighted by Gasteiger charge is 2.57. The lowest BCUT2D eigenvalue weighted by molar-refractivity contribution is -0.161. The van der Waals surface area contributed by atoms with Crippen LogP contribution in [-0.2, 0) is 48.0 Å². The number of esters is 1. The lowest BCUT2D eigenvalue weighted by Gasteiger charge is -2.48. The summed E-state index contributed by atoms with van der Waals surface area (Å²) in [5.41, 5.74) is 8.54. The van der Waals surface area contributed by atoms with Gasteiger partial charge in [0.15, 0.2) is 5.78 Å². The maximum atomic E-state index is 15.6. The van der Waals surface area contributed by atoms with Gasteiger partial charge in [-0.3, -0.25) is 29.2 Å². The Hall–Kier alpha value is -5.45. The number of aromatic nitrogens is 3. The molecule has 1 saturated carbocycles. The Morgan fingerprint density at radius 1 is 0.986 bits per heavy atom. The molecule has 5 aliphatic rings. The molecule has 3 saturated heterocycles. The number of hydrazine groups is 1. The van der Waals surface area contributed by atoms with Gasteiger partial charge in [0.1, 0.15) is 6.04 Å². The van der Waals surface area contributed by atoms with Gasteiger partial charge in [0.2, 0.25) is 11.8 Å². The number of hydrogen-bond donors (Lipinski definition) is 1. The maximum Gasteiger partial charge on any atom is 0.324 e. The second-order valence-electron chi connectivity index (χ2n) is 22.8. The molecule has 1 aromatic carbocycles. The molecule has 4 aliphatic heterocycles. The van der Waals surface area contributed by atoms with Gasteiger partial charge in [0.05, 0.1) is 46.3 Å². The van der Waals surface area contributed by atoms with Crippen LogP contribution >= 0.6 is 11.3 Å². The van der Waals surface area contributed by atoms with Crippen molar-refractivity contribution in [2.45, 2.75) is 137 Å². The number of benzene rings is 1. The molecule has 1 aliphatic carbocycles. The van der Waals surface area contributed by atoms with E-state index in [0.717, 1.165) is 75.4 Å². The Labute approximate surface area is 435 Å². The van der Waals surface area contributed by atoms with E-state index >= 15 is 9.59 Å². The number of fused-ring (bicyclic) bond motifs is 6. The SMILES string of the molecule is C=CC(=O)N1CCC2(CC1)CCN(C(=O)N(C)[C@H](C(=O)C1CCCC13Cc1nc(cs1)-c1ccc4c(c1)c(c(-c1cccnc1C(C)OC)n4CC)CC(C)(C)COC(=O)[C@@H]1CCCN(N1)C3=O)C(C)C)CC2. The zero-order valence-electron chi connectivity index (χ0n) is 44.3. The van der Waals surface area contributed by atoms with E-state index < -0.39 is 34.8 Å². The fourth-order valence-electron chi connectivity index (χ4n) is 13.1. The third kappa shape index (κ3) is 10.00. The third-order valence-corrected chi connectivity index (χ3v) is 18.1. The van der Waals surface area contributed by atoms with Crippen molar-refractivity contribution in [3.05, 3.63) is 70.8 Å². The van der Waals surface area contributed by atoms with Crippen LogP contribution in [0.4, 0.5) is 4.79 Å². The van der Waals surface area contributed by atoms with Gasteiger partial charge in [-0.05, 0) is 119 Å². The van der Waals surface area contributed by atoms with Crippen LogP contribution < -0.4 is 5.43 Å². The quantitative estimate of drug-likeness (QED) is 0.127. The third-order valence-electron chi connectivity index (χ3n) is 17.2. The number of hydrogen-bond acceptors (Lipinski definition) is 11. The number of carbonyl (C=O) groups excluding carboxylic acids is 5. The fourth-order valence-corrected chi connectivity index (χ4v) is 14.0. The smallest absolute Gasteiger partial charge is 0.324 e. The van der Waals surface area contributed by atoms with Crippen molar-refractivity contribution in [1.82, 2.24) is 39.7 Å². The predicted molar refractivity (Wildman–Crippen MR) is 283 cm³/mol. The molecular weight excluding hydrogens is 941 g/mol. The number of piperidine rings is 2. The molecule has 9 rings (SSSR count). The molecule has 16 heteroatoms. The summed E-state index contributed by atoms with van der Waals surface area (Å²) in [5.74, 6) is -1.70. The number of urea groups is 1. The summed E-state index contributed by atoms with van der Waals surface area (Å²) in [6.07, 6.45) is 9.95. The molecule has 4 fully saturated rings. The van der Waals surface area contributed by atoms with Crippen molar-refractivity contribution in [2.24, 2.45) is 28.1 Å². The van der Waals surface area contributed by atoms with Gasteiger partial charge in [-0.25, -0.2) is 15.2 Å². The van der Waals surface area contributed by atoms with Crippen LogP contribution in [0.5, 0.6) is 0 Å². The van der Waals surface area contributed by atoms with Crippen LogP contribution in [0.15, 0.2) is 54.6 Å². The van der Waals surface area contributed by atoms with Gasteiger partial charge in [-0.1, -0.05) is 46.8 Å². The lowest BCUT2D eigenvalue weighted by Crippen LogP contribution is -2.62. The second-order valence-corrected chi connectivity index (χ2v) is 23.7. The van der Waals surface area contributed by atoms with Crippen LogP contribution in [0.1, 0.15) is 122 Å². The summed E-state index contributed by atoms with van der Waals surface area (Å²) in [6, 6.07) is 8.89. The second kappa shape index (κ2) is 21.1. The number of Topliss-reactive ketones (excluding diaryl/α,β-unsaturated/α-hetero) is 1. The number of cyclic esters (lactones) is 1. The van der Waals surface area contributed by atoms with Gasteiger partial charge >= 0.3 is 12.0 Å². The van der Waals surface area contributed by atoms with E-state index in [0.29, 0.717) is 77.8 Å². The summed E-state index contributed by atoms with van der Waals surface area (Å²) in [5, 5.41) is 5.49. The number of thiazole rings is 1. The number of nitrogens with one attached hydrogen (secondary N) is 1. The summed E-state index contributed by atoms with van der Waals surface area (Å²) >= 11 is 1.51. The first-order valence-corrected chi connectivity index (χ1v) is 27.6. The van der Waals surface area contributed by atoms with Gasteiger partial charge < -0.3 is 28.7 Å². The zero-order valence-corrected chi connectivity index (χ0v) is 45.2. The average molecular weight is 1020 g/mol. The molecule has 3 aromatic heterocycles. The van der Waals surface area contributed by atoms with E-state index in [1.54, 1.807) is 30.3 Å². The molecule has 5 atom stereocenters. The topological polar surface area (TPSA) is 160 Å². The van der Waals surface area contributed by atoms with Crippen molar-refractivity contribution in [3.8, 4) is 22.5 Å². The molecule has 4 amide bonds. The Kier molecular flexibility index (Phi) is 15.1. The van der Waals surface area contributed by atoms with E-state index in [-0.39, 0.29) is 54.1 Å². The molecule has 0 radical (unpaired) electrons. The summed E-state index contributed by atoms with van der Waals surface area (Å²) in [4.78, 5) is 87.7. The molecular formula is C57H76N8O7S. The highest BCUT2D eigenvalue weighted by molar-refractivity contribution is 7.10. The van der Waals surface area contributed by atoms with Gasteiger partial charge in [-0.2, -0.15) is 0 Å². The maximum absolute atomic E-state index is 15.6. The number of likely N-dealkylation sites (N-methyl/N-ethyl adjacent to an activating group) is 1. The van der Waals surface area contributed by atoms with E-state index in [9.17, 15) is 14.4 Å². The highest BCUT2D eigenvalue weighted by Crippen LogP contribution is 2.50. The minimum Gasteiger partial charge on any atom is -0.464 e. The van der Waals surface area contributed by atoms with E-state index in [1.165, 1.54) is 17.4 Å². The molecule has 2 spiro atoms. The summed E-state index contributed by atoms with van der Waals surface area (Å²) in [6.45, 7) is 19.8. The Morgan fingerprint density at radius 3 is 2.40 bits per heavy atom. The van der Waals surface area contributed by atoms with Crippen molar-refractivity contribution < 1.29 is 33.4 Å². The number of carbonyl (C=O) groups is 5. The first-order valence-electron chi connectivity index (χ1n) is 26.7. The number of rotatable bonds is 9. The first kappa shape index (κ1) is 52.4. The monoisotopic (exact) mass is 1020 g/mol. The molecule has 3 unspecified atom stereocenters. The summed E-state index contributed by atoms with van der Waals surface area (Å²) in [7, 11) is 3.44. The zero-order chi connectivity index (χ0) is 52.0. The molecule has 15 nitrogen and oxygen atoms in total. The van der Waals surface area contributed by atoms with Crippen molar-refractivity contribution in [3.63, 3.8) is 0 Å². The van der Waals surface area contributed by atoms with Crippen LogP contribution in [0.2, 0.25) is 0 Å². The lowest BCUT2D eigenvalue weighted by atomic mass is 9.69. The van der Waals surface area contributed by atoms with Crippen LogP contribution in [0.3, 0.4) is 0 Å². The van der Waals surface area contributed by atoms with E-state index in [4.69, 9.17) is 19.4 Å². The predicted octanol–water partition coefficient (Wildman–Crippen LogP) is 9.04. The number of likely N-dealkylation sites (tertiary alicyclic amines) is 2. The Bertz CT molecular complexity index is 2750. The summed E-state index contributed by atoms with van der Waals surface area (Å²) < 4.78 is 14.4. The highest BCUT2D eigenvalue weighted by atomic mass is 32.1. The van der Waals surface area contributed by atoms with Crippen molar-refractivity contribution in [1.29, 1.82) is 0 Å². The van der Waals surface area contributed by atoms with E-state index in [1.807, 2.05) is 36.6 Å². The average Bonchev–Trinajstić information content (AvgIpc) is 4.13. The number of amides is 4. The molecule has 392 valence electrons. The minimum atomic E-state index is -1.18. The minimum absolute atomic E-state index is 0.0347. The normalized spacial score (nSPS) is 24.2. The molecule has 1 N–H and O–H groups in total. The molecule has 4 aromatic rings. The largest absolute Gasteiger partial charge is 0.464 e. The van der Waals surface area contributed by atoms with Crippen LogP contribution in [0.25, 0.3) is 33.4 Å². The van der Waals surface area contributed by atoms with Gasteiger partial charge in [0, 0.05) is 105 Å². The standard InChI is InChI=1S/C57H76N8O7S/c1-10-47(66)62-27-21-56(22-28-62)23-29-63(30-24-56)54(70)61(8)49(36(3)4)51(67)42-16-12-20-57(42)33-46-59-44(34-73-46)38-18-19-45-40(31-38)41(50(64(45)11-2)39-15-13-25-58-48(39)37(5)71-9)32-55(6,7)35-72-52(68)43-17-14-26-65(60-43)53(57)69/h10,13,15,18-19,25,31,34,36-37,42-43,49,60H,1,11-12,14,16-17,20-24,26-30,32-33,35H2,2-9H3/t37?,42?,43-,49-,57?/m0/s1. The number of ether oxygens (including phenoxy) is 2. The molecule has 73 heavy (non-hydrogen) atoms. The van der Waals surface area contributed by atoms with E-state index in [2.05, 4.69) is 67.0 Å². The molecule has 6 bridgehead atoms. The Morgan fingerprint density at radius 2 is 1.71 bits per heavy atom. The van der Waals surface area contributed by atoms with Gasteiger partial charge in [-0.15, -0.1) is 11.3 Å². The van der Waals surface area contributed by atoms with Crippen molar-refractivity contribution >= 4 is 51.8 Å². The number of nitrogens with zero attached hydrogens (tertiary/aromatic N) is 7. The first-order chi connectivity index (χ1) is 34.9. The van der Waals surface area contributed by atoms with Crippen LogP contribution in [-0.4, -0.2) is 129 Å². The van der Waals surface area contributed by atoms with Crippen LogP contribution in [0, 0.1) is 28.1 Å². The number of ketones is 1. The number of aryl methyl sites for hydroxylation is 1. The number of methoxy groups -OCH3 is 1. The van der Waals surface area contributed by atoms with Crippen molar-refractivity contribution in [2.75, 3.05) is 53.5 Å².